The number of amides is 3. The number of hydrogen-bond donors (Lipinski definition) is 12. The van der Waals surface area contributed by atoms with E-state index in [-0.39, 0.29) is 114 Å². The first-order valence-corrected chi connectivity index (χ1v) is 36.0. The lowest BCUT2D eigenvalue weighted by atomic mass is 9.75. The topological polar surface area (TPSA) is 423 Å². The van der Waals surface area contributed by atoms with E-state index in [2.05, 4.69) is 39.8 Å². The quantitative estimate of drug-likeness (QED) is 0.0115. The number of nitrogens with zero attached hydrogens (tertiary/aromatic N) is 1. The monoisotopic (exact) mass is 1550 g/mol. The predicted molar refractivity (Wildman–Crippen MR) is 366 cm³/mol. The molecule has 3 aliphatic heterocycles. The number of aliphatic hydroxyl groups excluding tert-OH is 7. The molecule has 0 saturated carbocycles. The van der Waals surface area contributed by atoms with Crippen molar-refractivity contribution in [1.82, 2.24) is 21.0 Å². The molecule has 18 unspecified atom stereocenters. The molecule has 1 aromatic rings. The Morgan fingerprint density at radius 3 is 2.32 bits per heavy atom. The number of alkyl carbamates (subject to hydrolysis) is 1. The van der Waals surface area contributed by atoms with Crippen molar-refractivity contribution in [3.63, 3.8) is 0 Å². The number of carbonyl (C=O) groups is 5. The second kappa shape index (κ2) is 39.3. The van der Waals surface area contributed by atoms with Gasteiger partial charge in [0.2, 0.25) is 29.0 Å². The maximum absolute atomic E-state index is 14.5. The van der Waals surface area contributed by atoms with Crippen molar-refractivity contribution in [2.24, 2.45) is 5.73 Å². The molecule has 30 nitrogen and oxygen atoms in total. The first-order chi connectivity index (χ1) is 46.7. The minimum absolute atomic E-state index is 0.00596. The van der Waals surface area contributed by atoms with E-state index in [1.807, 2.05) is 29.5 Å². The number of allylic oxidation sites excluding steroid dienone is 3. The molecule has 1 aromatic carbocycles. The molecule has 3 heterocycles. The molecule has 13 N–H and O–H groups in total. The van der Waals surface area contributed by atoms with Crippen LogP contribution in [-0.2, 0) is 57.1 Å². The average Bonchev–Trinajstić information content (AvgIpc) is 0.762. The molecule has 0 radical (unpaired) electrons. The smallest absolute Gasteiger partial charge is 0.411 e. The number of benzene rings is 1. The first kappa shape index (κ1) is 82.5. The SMILES string of the molecule is CCC(O)C(OC)C(O)C(O)Oc1c(I)c(C)c(C(=O)SC2C(O)CC(ONC3C(C)OC(O[C@H]4C#C/C=C\C#C[C@]5(O)CC(=O)C(NC(=O)OC)=C4/C5=C\CSSC(C)CCC(=O)NCC(O)CO)C(OC4CC(OC)C(N(CC)C(=O)CN)CO4)C3O)OC2C)c(OC)c1OC. The number of methoxy groups -OCH3 is 5. The molecular weight excluding hydrogens is 1460 g/mol. The van der Waals surface area contributed by atoms with Crippen LogP contribution in [0.4, 0.5) is 4.79 Å². The number of rotatable bonds is 33. The number of carbonyl (C=O) groups excluding carboxylic acids is 5. The number of nitrogens with one attached hydrogen (secondary N) is 3. The number of likely N-dealkylation sites (N-methyl/N-ethyl adjacent to an activating group) is 1. The Morgan fingerprint density at radius 2 is 1.68 bits per heavy atom. The number of fused-ring (bicyclic) bond motifs is 2. The van der Waals surface area contributed by atoms with Gasteiger partial charge in [0.25, 0.3) is 0 Å². The van der Waals surface area contributed by atoms with Gasteiger partial charge in [0.05, 0.1) is 116 Å². The normalized spacial score (nSPS) is 29.6. The van der Waals surface area contributed by atoms with E-state index in [4.69, 9.17) is 67.8 Å². The van der Waals surface area contributed by atoms with E-state index in [1.54, 1.807) is 40.7 Å². The van der Waals surface area contributed by atoms with Gasteiger partial charge >= 0.3 is 6.09 Å². The first-order valence-electron chi connectivity index (χ1n) is 31.7. The Kier molecular flexibility index (Phi) is 33.1. The van der Waals surface area contributed by atoms with Crippen molar-refractivity contribution in [2.75, 3.05) is 74.1 Å². The highest BCUT2D eigenvalue weighted by Gasteiger charge is 2.52. The molecule has 548 valence electrons. The van der Waals surface area contributed by atoms with Gasteiger partial charge in [-0.1, -0.05) is 77.0 Å². The summed E-state index contributed by atoms with van der Waals surface area (Å²) in [6.45, 7) is 9.47. The van der Waals surface area contributed by atoms with Gasteiger partial charge in [-0.25, -0.2) is 4.79 Å². The van der Waals surface area contributed by atoms with Crippen LogP contribution in [0.5, 0.6) is 17.2 Å². The molecular formula is C64H92IN5O25S3. The highest BCUT2D eigenvalue weighted by Crippen LogP contribution is 2.49. The Balaban J connectivity index is 1.28. The molecule has 3 fully saturated rings. The maximum Gasteiger partial charge on any atom is 0.411 e. The van der Waals surface area contributed by atoms with E-state index < -0.39 is 145 Å². The summed E-state index contributed by atoms with van der Waals surface area (Å²) < 4.78 is 66.2. The predicted octanol–water partition coefficient (Wildman–Crippen LogP) is 0.738. The number of Topliss-reactive ketones (excluding diaryl/α,β-unsaturated/α-hetero) is 1. The van der Waals surface area contributed by atoms with E-state index >= 15 is 0 Å². The molecule has 5 aliphatic rings. The van der Waals surface area contributed by atoms with E-state index in [1.165, 1.54) is 67.1 Å². The lowest BCUT2D eigenvalue weighted by molar-refractivity contribution is -0.337. The van der Waals surface area contributed by atoms with Crippen molar-refractivity contribution in [2.45, 2.75) is 201 Å². The minimum Gasteiger partial charge on any atom is -0.492 e. The summed E-state index contributed by atoms with van der Waals surface area (Å²) >= 11 is 2.66. The summed E-state index contributed by atoms with van der Waals surface area (Å²) in [4.78, 5) is 75.1. The molecule has 2 bridgehead atoms. The average molecular weight is 1550 g/mol. The van der Waals surface area contributed by atoms with Gasteiger partial charge in [0.15, 0.2) is 41.8 Å². The summed E-state index contributed by atoms with van der Waals surface area (Å²) in [6.07, 6.45) is -16.7. The van der Waals surface area contributed by atoms with E-state index in [0.717, 1.165) is 18.9 Å². The second-order valence-electron chi connectivity index (χ2n) is 23.4. The fourth-order valence-corrected chi connectivity index (χ4v) is 15.5. The zero-order chi connectivity index (χ0) is 72.3. The molecule has 98 heavy (non-hydrogen) atoms. The number of hydroxylamine groups is 1. The fraction of sp³-hybridized carbons (Fsp3) is 0.672. The van der Waals surface area contributed by atoms with Crippen LogP contribution in [0.15, 0.2) is 35.1 Å². The third-order valence-electron chi connectivity index (χ3n) is 16.8. The minimum atomic E-state index is -2.20. The standard InChI is InChI=1S/C64H92IN5O25S3/c1-12-38(73)54(85-8)53(79)60(80)94-56-49(65)32(4)47(55(86-9)58(56)87-10)61(81)97-59-34(6)90-46(24-39(59)74)95-69-50-33(5)91-62(57(52(50)78)93-45-25-42(84-7)37(30-89-45)70(13-2)44(77)27-66)92-41-18-16-14-15-17-22-64(83)26-40(75)51(68-63(82)88-11)48(41)36(64)21-23-96-98-31(3)19-20-43(76)67-28-35(72)29-71/h14-15,21,31,33-35,37-39,41-42,45-46,50,52-54,57,59-60,62,69,71-74,78-80,83H,12-13,19-20,23-30,66H2,1-11H3,(H,67,76)(H,68,82)/b15-14-,36-21+/t31?,33?,34?,35?,37?,38?,39?,41-,42?,45?,46?,50?,52?,53?,54?,57?,59?,60?,62?,64-/m0/s1. The van der Waals surface area contributed by atoms with Gasteiger partial charge in [-0.05, 0) is 80.8 Å². The van der Waals surface area contributed by atoms with Gasteiger partial charge in [-0.15, -0.1) is 0 Å². The lowest BCUT2D eigenvalue weighted by Crippen LogP contribution is -2.65. The van der Waals surface area contributed by atoms with Gasteiger partial charge in [-0.3, -0.25) is 29.3 Å². The van der Waals surface area contributed by atoms with Crippen molar-refractivity contribution in [3.05, 3.63) is 49.8 Å². The molecule has 3 saturated heterocycles. The van der Waals surface area contributed by atoms with E-state index in [9.17, 15) is 59.7 Å². The Labute approximate surface area is 595 Å². The summed E-state index contributed by atoms with van der Waals surface area (Å²) in [7, 11) is 9.17. The highest BCUT2D eigenvalue weighted by atomic mass is 127. The number of ketones is 1. The second-order valence-corrected chi connectivity index (χ2v) is 28.5. The van der Waals surface area contributed by atoms with Gasteiger partial charge in [-0.2, -0.15) is 5.48 Å². The number of nitrogens with two attached hydrogens (primary N) is 1. The van der Waals surface area contributed by atoms with Crippen LogP contribution in [-0.4, -0.2) is 269 Å². The van der Waals surface area contributed by atoms with Crippen LogP contribution in [0.3, 0.4) is 0 Å². The Bertz CT molecular complexity index is 3120. The zero-order valence-electron chi connectivity index (χ0n) is 56.3. The van der Waals surface area contributed by atoms with Crippen LogP contribution < -0.4 is 36.1 Å². The van der Waals surface area contributed by atoms with Crippen LogP contribution in [0.2, 0.25) is 0 Å². The molecule has 0 aromatic heterocycles. The fourth-order valence-electron chi connectivity index (χ4n) is 11.5. The third-order valence-corrected chi connectivity index (χ3v) is 22.3. The third kappa shape index (κ3) is 20.9. The van der Waals surface area contributed by atoms with Crippen molar-refractivity contribution in [3.8, 4) is 40.9 Å². The van der Waals surface area contributed by atoms with E-state index in [0.29, 0.717) is 15.6 Å². The zero-order valence-corrected chi connectivity index (χ0v) is 60.9. The maximum atomic E-state index is 14.5. The molecule has 0 spiro atoms. The van der Waals surface area contributed by atoms with Crippen molar-refractivity contribution in [1.29, 1.82) is 0 Å². The molecule has 2 aliphatic carbocycles. The molecule has 20 atom stereocenters. The lowest BCUT2D eigenvalue weighted by Gasteiger charge is -2.47. The Morgan fingerprint density at radius 1 is 0.969 bits per heavy atom. The highest BCUT2D eigenvalue weighted by molar-refractivity contribution is 14.1. The summed E-state index contributed by atoms with van der Waals surface area (Å²) in [5.41, 5.74) is 6.36. The van der Waals surface area contributed by atoms with Gasteiger partial charge < -0.3 is 109 Å². The molecule has 3 amide bonds. The van der Waals surface area contributed by atoms with Crippen LogP contribution in [0.25, 0.3) is 0 Å². The number of aliphatic hydroxyl groups is 8. The molecule has 6 rings (SSSR count). The number of ether oxygens (including phenoxy) is 11. The summed E-state index contributed by atoms with van der Waals surface area (Å²) in [6, 6.07) is -1.81. The number of hydrogen-bond acceptors (Lipinski definition) is 30. The summed E-state index contributed by atoms with van der Waals surface area (Å²) in [5.74, 6) is 9.85. The van der Waals surface area contributed by atoms with Crippen LogP contribution in [0, 0.1) is 34.2 Å². The van der Waals surface area contributed by atoms with Crippen molar-refractivity contribution >= 4 is 84.7 Å². The Hall–Kier alpha value is -4.43. The van der Waals surface area contributed by atoms with Crippen LogP contribution >= 0.6 is 55.9 Å². The van der Waals surface area contributed by atoms with Gasteiger partial charge in [0, 0.05) is 68.7 Å². The number of thioether (sulfide) groups is 1. The molecule has 34 heteroatoms. The number of halogens is 1. The van der Waals surface area contributed by atoms with Gasteiger partial charge in [0.1, 0.15) is 30.5 Å². The largest absolute Gasteiger partial charge is 0.492 e. The van der Waals surface area contributed by atoms with Crippen LogP contribution in [0.1, 0.15) is 89.1 Å². The van der Waals surface area contributed by atoms with Crippen molar-refractivity contribution < 1.29 is 122 Å². The summed E-state index contributed by atoms with van der Waals surface area (Å²) in [5, 5.41) is 91.7.